The molecule has 0 saturated heterocycles. The van der Waals surface area contributed by atoms with E-state index in [1.54, 1.807) is 0 Å². The Morgan fingerprint density at radius 2 is 1.28 bits per heavy atom. The van der Waals surface area contributed by atoms with E-state index >= 15 is 0 Å². The molecule has 0 N–H and O–H groups in total. The van der Waals surface area contributed by atoms with Gasteiger partial charge in [0, 0.05) is 13.2 Å². The van der Waals surface area contributed by atoms with E-state index in [1.807, 2.05) is 13.8 Å². The molecule has 3 nitrogen and oxygen atoms in total. The maximum Gasteiger partial charge on any atom is 0.484 e. The minimum atomic E-state index is -1.94. The highest BCUT2D eigenvalue weighted by Gasteiger charge is 2.30. The van der Waals surface area contributed by atoms with Gasteiger partial charge in [0.05, 0.1) is 5.60 Å². The maximum absolute atomic E-state index is 6.22. The first kappa shape index (κ1) is 18.1. The van der Waals surface area contributed by atoms with Crippen LogP contribution in [0, 0.1) is 0 Å². The number of rotatable bonds is 12. The van der Waals surface area contributed by atoms with E-state index in [1.165, 1.54) is 25.7 Å². The third-order valence-electron chi connectivity index (χ3n) is 3.10. The minimum absolute atomic E-state index is 0.0623. The number of unbranched alkanes of at least 4 members (excludes halogenated alkanes) is 2. The summed E-state index contributed by atoms with van der Waals surface area (Å²) in [7, 11) is -1.94. The molecule has 110 valence electrons. The Morgan fingerprint density at radius 3 is 1.61 bits per heavy atom. The van der Waals surface area contributed by atoms with Crippen LogP contribution in [0.4, 0.5) is 0 Å². The summed E-state index contributed by atoms with van der Waals surface area (Å²) in [5.74, 6) is 0. The lowest BCUT2D eigenvalue weighted by Crippen LogP contribution is -2.40. The SMILES string of the molecule is CCCCC(C)(CCCC)O[SiH](OCC)OCC. The van der Waals surface area contributed by atoms with Gasteiger partial charge in [-0.05, 0) is 33.6 Å². The van der Waals surface area contributed by atoms with Crippen LogP contribution in [0.1, 0.15) is 73.1 Å². The quantitative estimate of drug-likeness (QED) is 0.505. The van der Waals surface area contributed by atoms with Gasteiger partial charge in [0.1, 0.15) is 0 Å². The zero-order valence-electron chi connectivity index (χ0n) is 13.0. The third-order valence-corrected chi connectivity index (χ3v) is 5.08. The minimum Gasteiger partial charge on any atom is -0.376 e. The van der Waals surface area contributed by atoms with Crippen molar-refractivity contribution in [3.63, 3.8) is 0 Å². The molecule has 0 fully saturated rings. The Labute approximate surface area is 115 Å². The highest BCUT2D eigenvalue weighted by Crippen LogP contribution is 2.26. The molecule has 0 bridgehead atoms. The topological polar surface area (TPSA) is 27.7 Å². The lowest BCUT2D eigenvalue weighted by molar-refractivity contribution is -0.00901. The summed E-state index contributed by atoms with van der Waals surface area (Å²) in [6.45, 7) is 12.0. The molecule has 0 atom stereocenters. The van der Waals surface area contributed by atoms with E-state index in [2.05, 4.69) is 20.8 Å². The molecule has 0 spiro atoms. The molecular weight excluding hydrogens is 244 g/mol. The molecule has 18 heavy (non-hydrogen) atoms. The highest BCUT2D eigenvalue weighted by atomic mass is 28.3. The molecule has 0 unspecified atom stereocenters. The van der Waals surface area contributed by atoms with Gasteiger partial charge in [-0.2, -0.15) is 0 Å². The van der Waals surface area contributed by atoms with Gasteiger partial charge < -0.3 is 13.3 Å². The molecule has 0 aromatic rings. The molecule has 0 aliphatic carbocycles. The molecule has 0 aromatic heterocycles. The number of hydrogen-bond donors (Lipinski definition) is 0. The summed E-state index contributed by atoms with van der Waals surface area (Å²) in [5.41, 5.74) is -0.0623. The molecule has 0 aliphatic rings. The summed E-state index contributed by atoms with van der Waals surface area (Å²) in [4.78, 5) is 0. The third kappa shape index (κ3) is 8.24. The zero-order chi connectivity index (χ0) is 13.9. The average Bonchev–Trinajstić information content (AvgIpc) is 2.35. The summed E-state index contributed by atoms with van der Waals surface area (Å²) < 4.78 is 17.5. The summed E-state index contributed by atoms with van der Waals surface area (Å²) in [6, 6.07) is 0. The monoisotopic (exact) mass is 276 g/mol. The van der Waals surface area contributed by atoms with Gasteiger partial charge in [-0.15, -0.1) is 0 Å². The standard InChI is InChI=1S/C14H32O3Si/c1-6-10-12-14(5,13-11-7-2)17-18(15-8-3)16-9-4/h18H,6-13H2,1-5H3. The average molecular weight is 276 g/mol. The van der Waals surface area contributed by atoms with Gasteiger partial charge in [0.2, 0.25) is 0 Å². The summed E-state index contributed by atoms with van der Waals surface area (Å²) in [6.07, 6.45) is 7.04. The molecule has 0 heterocycles. The van der Waals surface area contributed by atoms with Crippen molar-refractivity contribution in [3.05, 3.63) is 0 Å². The second-order valence-corrected chi connectivity index (χ2v) is 6.45. The smallest absolute Gasteiger partial charge is 0.376 e. The molecule has 0 aliphatic heterocycles. The first-order chi connectivity index (χ1) is 8.61. The fourth-order valence-corrected chi connectivity index (χ4v) is 3.44. The lowest BCUT2D eigenvalue weighted by Gasteiger charge is -2.33. The molecule has 0 rings (SSSR count). The van der Waals surface area contributed by atoms with Crippen molar-refractivity contribution < 1.29 is 13.3 Å². The van der Waals surface area contributed by atoms with Crippen LogP contribution < -0.4 is 0 Å². The Balaban J connectivity index is 4.40. The van der Waals surface area contributed by atoms with Gasteiger partial charge in [-0.3, -0.25) is 0 Å². The first-order valence-electron chi connectivity index (χ1n) is 7.52. The van der Waals surface area contributed by atoms with E-state index in [0.717, 1.165) is 12.8 Å². The Bertz CT molecular complexity index is 174. The molecular formula is C14H32O3Si. The van der Waals surface area contributed by atoms with Crippen LogP contribution in [0.5, 0.6) is 0 Å². The van der Waals surface area contributed by atoms with Crippen molar-refractivity contribution in [2.45, 2.75) is 78.7 Å². The van der Waals surface area contributed by atoms with E-state index < -0.39 is 9.53 Å². The second kappa shape index (κ2) is 11.0. The predicted octanol–water partition coefficient (Wildman–Crippen LogP) is 3.93. The van der Waals surface area contributed by atoms with Crippen LogP contribution >= 0.6 is 0 Å². The molecule has 4 heteroatoms. The van der Waals surface area contributed by atoms with E-state index in [9.17, 15) is 0 Å². The normalized spacial score (nSPS) is 12.3. The summed E-state index contributed by atoms with van der Waals surface area (Å²) in [5, 5.41) is 0. The molecule has 0 radical (unpaired) electrons. The van der Waals surface area contributed by atoms with Gasteiger partial charge in [0.15, 0.2) is 0 Å². The maximum atomic E-state index is 6.22. The van der Waals surface area contributed by atoms with Crippen LogP contribution in [-0.2, 0) is 13.3 Å². The fourth-order valence-electron chi connectivity index (χ4n) is 1.96. The Morgan fingerprint density at radius 1 is 0.833 bits per heavy atom. The molecule has 0 aromatic carbocycles. The Kier molecular flexibility index (Phi) is 11.0. The van der Waals surface area contributed by atoms with Crippen molar-refractivity contribution in [1.29, 1.82) is 0 Å². The van der Waals surface area contributed by atoms with Crippen LogP contribution in [0.25, 0.3) is 0 Å². The van der Waals surface area contributed by atoms with Crippen molar-refractivity contribution in [3.8, 4) is 0 Å². The molecule has 0 saturated carbocycles. The first-order valence-corrected chi connectivity index (χ1v) is 8.94. The summed E-state index contributed by atoms with van der Waals surface area (Å²) >= 11 is 0. The van der Waals surface area contributed by atoms with Crippen molar-refractivity contribution in [2.75, 3.05) is 13.2 Å². The Hall–Kier alpha value is 0.0969. The van der Waals surface area contributed by atoms with Gasteiger partial charge in [-0.1, -0.05) is 39.5 Å². The van der Waals surface area contributed by atoms with E-state index in [4.69, 9.17) is 13.3 Å². The van der Waals surface area contributed by atoms with Crippen LogP contribution in [0.3, 0.4) is 0 Å². The molecule has 0 amide bonds. The second-order valence-electron chi connectivity index (χ2n) is 4.97. The van der Waals surface area contributed by atoms with Crippen molar-refractivity contribution >= 4 is 9.53 Å². The fraction of sp³-hybridized carbons (Fsp3) is 1.00. The van der Waals surface area contributed by atoms with Gasteiger partial charge in [0.25, 0.3) is 0 Å². The zero-order valence-corrected chi connectivity index (χ0v) is 14.1. The van der Waals surface area contributed by atoms with Crippen molar-refractivity contribution in [1.82, 2.24) is 0 Å². The highest BCUT2D eigenvalue weighted by molar-refractivity contribution is 6.36. The van der Waals surface area contributed by atoms with Crippen LogP contribution in [0.2, 0.25) is 0 Å². The van der Waals surface area contributed by atoms with Crippen LogP contribution in [-0.4, -0.2) is 28.3 Å². The van der Waals surface area contributed by atoms with E-state index in [0.29, 0.717) is 13.2 Å². The van der Waals surface area contributed by atoms with E-state index in [-0.39, 0.29) is 5.60 Å². The predicted molar refractivity (Wildman–Crippen MR) is 78.9 cm³/mol. The lowest BCUT2D eigenvalue weighted by atomic mass is 9.93. The largest absolute Gasteiger partial charge is 0.484 e. The van der Waals surface area contributed by atoms with Crippen molar-refractivity contribution in [2.24, 2.45) is 0 Å². The van der Waals surface area contributed by atoms with Gasteiger partial charge in [-0.25, -0.2) is 0 Å². The van der Waals surface area contributed by atoms with Gasteiger partial charge >= 0.3 is 9.53 Å². The number of hydrogen-bond acceptors (Lipinski definition) is 3. The van der Waals surface area contributed by atoms with Crippen LogP contribution in [0.15, 0.2) is 0 Å².